The molecule has 2 aromatic heterocycles. The predicted octanol–water partition coefficient (Wildman–Crippen LogP) is 2.47. The smallest absolute Gasteiger partial charge is 0.0797 e. The fraction of sp³-hybridized carbons (Fsp3) is 0.385. The van der Waals surface area contributed by atoms with Gasteiger partial charge >= 0.3 is 0 Å². The van der Waals surface area contributed by atoms with Crippen LogP contribution >= 0.6 is 15.9 Å². The Morgan fingerprint density at radius 3 is 2.89 bits per heavy atom. The van der Waals surface area contributed by atoms with Crippen molar-refractivity contribution in [2.45, 2.75) is 19.4 Å². The van der Waals surface area contributed by atoms with Crippen LogP contribution in [-0.2, 0) is 13.5 Å². The summed E-state index contributed by atoms with van der Waals surface area (Å²) >= 11 is 3.45. The first-order valence-electron chi connectivity index (χ1n) is 6.01. The number of pyridine rings is 1. The Morgan fingerprint density at radius 2 is 2.28 bits per heavy atom. The summed E-state index contributed by atoms with van der Waals surface area (Å²) in [5, 5.41) is 7.93. The van der Waals surface area contributed by atoms with Crippen molar-refractivity contribution in [1.29, 1.82) is 0 Å². The topological polar surface area (TPSA) is 42.7 Å². The molecule has 0 radical (unpaired) electrons. The van der Waals surface area contributed by atoms with Crippen molar-refractivity contribution in [3.63, 3.8) is 0 Å². The second kappa shape index (κ2) is 6.11. The fourth-order valence-corrected chi connectivity index (χ4v) is 2.36. The Hall–Kier alpha value is -1.20. The van der Waals surface area contributed by atoms with Gasteiger partial charge in [-0.3, -0.25) is 9.67 Å². The number of hydrogen-bond acceptors (Lipinski definition) is 3. The van der Waals surface area contributed by atoms with E-state index in [2.05, 4.69) is 50.4 Å². The quantitative estimate of drug-likeness (QED) is 0.922. The second-order valence-electron chi connectivity index (χ2n) is 4.24. The zero-order chi connectivity index (χ0) is 13.0. The summed E-state index contributed by atoms with van der Waals surface area (Å²) in [6.07, 6.45) is 6.56. The minimum Gasteiger partial charge on any atom is -0.309 e. The van der Waals surface area contributed by atoms with Crippen molar-refractivity contribution in [3.05, 3.63) is 46.5 Å². The molecule has 0 amide bonds. The molecular weight excluding hydrogens is 292 g/mol. The van der Waals surface area contributed by atoms with Gasteiger partial charge in [0.2, 0.25) is 0 Å². The zero-order valence-corrected chi connectivity index (χ0v) is 12.2. The van der Waals surface area contributed by atoms with E-state index in [9.17, 15) is 0 Å². The van der Waals surface area contributed by atoms with Gasteiger partial charge in [-0.15, -0.1) is 0 Å². The van der Waals surface area contributed by atoms with Crippen molar-refractivity contribution >= 4 is 15.9 Å². The molecule has 2 heterocycles. The third-order valence-corrected chi connectivity index (χ3v) is 3.18. The highest BCUT2D eigenvalue weighted by Crippen LogP contribution is 2.18. The highest BCUT2D eigenvalue weighted by atomic mass is 79.9. The lowest BCUT2D eigenvalue weighted by molar-refractivity contribution is 0.527. The number of aromatic nitrogens is 3. The molecule has 0 saturated carbocycles. The van der Waals surface area contributed by atoms with Gasteiger partial charge in [-0.2, -0.15) is 5.10 Å². The average Bonchev–Trinajstić information content (AvgIpc) is 2.75. The van der Waals surface area contributed by atoms with Crippen LogP contribution in [0.2, 0.25) is 0 Å². The maximum atomic E-state index is 4.47. The van der Waals surface area contributed by atoms with Crippen LogP contribution in [-0.4, -0.2) is 21.3 Å². The van der Waals surface area contributed by atoms with Gasteiger partial charge in [-0.1, -0.05) is 6.92 Å². The van der Waals surface area contributed by atoms with Crippen molar-refractivity contribution in [3.8, 4) is 0 Å². The van der Waals surface area contributed by atoms with E-state index in [0.717, 1.165) is 23.1 Å². The highest BCUT2D eigenvalue weighted by molar-refractivity contribution is 9.10. The Morgan fingerprint density at radius 1 is 1.44 bits per heavy atom. The first-order chi connectivity index (χ1) is 8.69. The first kappa shape index (κ1) is 13.2. The van der Waals surface area contributed by atoms with Gasteiger partial charge in [-0.05, 0) is 46.6 Å². The molecule has 2 rings (SSSR count). The summed E-state index contributed by atoms with van der Waals surface area (Å²) in [6, 6.07) is 4.38. The number of nitrogens with zero attached hydrogens (tertiary/aromatic N) is 3. The molecule has 96 valence electrons. The number of aryl methyl sites for hydroxylation is 1. The van der Waals surface area contributed by atoms with Crippen molar-refractivity contribution < 1.29 is 0 Å². The second-order valence-corrected chi connectivity index (χ2v) is 5.16. The van der Waals surface area contributed by atoms with E-state index in [-0.39, 0.29) is 6.04 Å². The lowest BCUT2D eigenvalue weighted by Crippen LogP contribution is -2.23. The van der Waals surface area contributed by atoms with E-state index in [4.69, 9.17) is 0 Å². The first-order valence-corrected chi connectivity index (χ1v) is 6.80. The molecule has 2 aromatic rings. The normalized spacial score (nSPS) is 12.6. The van der Waals surface area contributed by atoms with Crippen LogP contribution in [0.1, 0.15) is 24.2 Å². The van der Waals surface area contributed by atoms with Crippen molar-refractivity contribution in [2.75, 3.05) is 6.54 Å². The van der Waals surface area contributed by atoms with Crippen LogP contribution in [0.25, 0.3) is 0 Å². The largest absolute Gasteiger partial charge is 0.309 e. The van der Waals surface area contributed by atoms with E-state index >= 15 is 0 Å². The van der Waals surface area contributed by atoms with Crippen LogP contribution in [0.15, 0.2) is 35.2 Å². The molecule has 0 aliphatic carbocycles. The molecule has 1 unspecified atom stereocenters. The number of likely N-dealkylation sites (N-methyl/N-ethyl adjacent to an activating group) is 1. The summed E-state index contributed by atoms with van der Waals surface area (Å²) in [6.45, 7) is 3.03. The minimum absolute atomic E-state index is 0.229. The number of hydrogen-bond donors (Lipinski definition) is 1. The van der Waals surface area contributed by atoms with E-state index in [0.29, 0.717) is 0 Å². The Labute approximate surface area is 116 Å². The number of nitrogens with one attached hydrogen (secondary N) is 1. The standard InChI is InChI=1S/C13H17BrN4/c1-3-16-13(12-4-5-18(2)17-12)7-10-6-11(14)9-15-8-10/h4-6,8-9,13,16H,3,7H2,1-2H3. The summed E-state index contributed by atoms with van der Waals surface area (Å²) in [5.74, 6) is 0. The van der Waals surface area contributed by atoms with Gasteiger partial charge in [0, 0.05) is 30.1 Å². The zero-order valence-electron chi connectivity index (χ0n) is 10.6. The molecule has 0 bridgehead atoms. The fourth-order valence-electron chi connectivity index (χ4n) is 1.95. The Balaban J connectivity index is 2.16. The molecule has 0 aliphatic rings. The Kier molecular flexibility index (Phi) is 4.49. The molecule has 1 N–H and O–H groups in total. The molecule has 0 fully saturated rings. The van der Waals surface area contributed by atoms with Crippen LogP contribution < -0.4 is 5.32 Å². The third-order valence-electron chi connectivity index (χ3n) is 2.74. The monoisotopic (exact) mass is 308 g/mol. The van der Waals surface area contributed by atoms with E-state index in [1.165, 1.54) is 5.56 Å². The van der Waals surface area contributed by atoms with E-state index in [1.54, 1.807) is 6.20 Å². The lowest BCUT2D eigenvalue weighted by atomic mass is 10.1. The third kappa shape index (κ3) is 3.40. The molecule has 0 saturated heterocycles. The van der Waals surface area contributed by atoms with Crippen molar-refractivity contribution in [2.24, 2.45) is 7.05 Å². The molecule has 0 spiro atoms. The maximum Gasteiger partial charge on any atom is 0.0797 e. The predicted molar refractivity (Wildman–Crippen MR) is 75.3 cm³/mol. The van der Waals surface area contributed by atoms with Crippen LogP contribution in [0.4, 0.5) is 0 Å². The van der Waals surface area contributed by atoms with Crippen LogP contribution in [0.5, 0.6) is 0 Å². The molecule has 0 aromatic carbocycles. The van der Waals surface area contributed by atoms with Gasteiger partial charge in [0.1, 0.15) is 0 Å². The Bertz CT molecular complexity index is 509. The molecule has 5 heteroatoms. The lowest BCUT2D eigenvalue weighted by Gasteiger charge is -2.15. The maximum absolute atomic E-state index is 4.47. The molecule has 4 nitrogen and oxygen atoms in total. The molecular formula is C13H17BrN4. The van der Waals surface area contributed by atoms with E-state index < -0.39 is 0 Å². The highest BCUT2D eigenvalue weighted by Gasteiger charge is 2.14. The van der Waals surface area contributed by atoms with Gasteiger partial charge < -0.3 is 5.32 Å². The van der Waals surface area contributed by atoms with E-state index in [1.807, 2.05) is 24.1 Å². The summed E-state index contributed by atoms with van der Waals surface area (Å²) < 4.78 is 2.84. The molecule has 1 atom stereocenters. The average molecular weight is 309 g/mol. The molecule has 0 aliphatic heterocycles. The summed E-state index contributed by atoms with van der Waals surface area (Å²) in [7, 11) is 1.94. The van der Waals surface area contributed by atoms with Gasteiger partial charge in [0.15, 0.2) is 0 Å². The van der Waals surface area contributed by atoms with Crippen LogP contribution in [0.3, 0.4) is 0 Å². The van der Waals surface area contributed by atoms with Gasteiger partial charge in [0.25, 0.3) is 0 Å². The SMILES string of the molecule is CCNC(Cc1cncc(Br)c1)c1ccn(C)n1. The van der Waals surface area contributed by atoms with Crippen molar-refractivity contribution in [1.82, 2.24) is 20.1 Å². The number of halogens is 1. The number of rotatable bonds is 5. The minimum atomic E-state index is 0.229. The van der Waals surface area contributed by atoms with Gasteiger partial charge in [0.05, 0.1) is 11.7 Å². The van der Waals surface area contributed by atoms with Crippen LogP contribution in [0, 0.1) is 0 Å². The summed E-state index contributed by atoms with van der Waals surface area (Å²) in [4.78, 5) is 4.20. The van der Waals surface area contributed by atoms with Gasteiger partial charge in [-0.25, -0.2) is 0 Å². The molecule has 18 heavy (non-hydrogen) atoms. The summed E-state index contributed by atoms with van der Waals surface area (Å²) in [5.41, 5.74) is 2.26.